The van der Waals surface area contributed by atoms with Crippen LogP contribution in [0.4, 0.5) is 5.13 Å². The first-order valence-electron chi connectivity index (χ1n) is 7.36. The SMILES string of the molecule is Cc1[nH]c(=O)[nH]c(=O)c1CC(=O)Nc1nc2ccc(S(C)(=O)=O)cc2s1. The number of aromatic amines is 2. The molecule has 0 bridgehead atoms. The highest BCUT2D eigenvalue weighted by Crippen LogP contribution is 2.28. The Bertz CT molecular complexity index is 1240. The van der Waals surface area contributed by atoms with E-state index in [1.807, 2.05) is 0 Å². The standard InChI is InChI=1S/C15H14N4O5S2/c1-7-9(13(21)19-14(22)16-7)6-12(20)18-15-17-10-4-3-8(26(2,23)24)5-11(10)25-15/h3-5H,6H2,1-2H3,(H,17,18,20)(H2,16,19,21,22). The van der Waals surface area contributed by atoms with Crippen LogP contribution in [0.3, 0.4) is 0 Å². The molecule has 0 aliphatic heterocycles. The summed E-state index contributed by atoms with van der Waals surface area (Å²) in [6, 6.07) is 4.51. The molecule has 136 valence electrons. The largest absolute Gasteiger partial charge is 0.325 e. The van der Waals surface area contributed by atoms with Gasteiger partial charge in [-0.2, -0.15) is 0 Å². The van der Waals surface area contributed by atoms with Crippen molar-refractivity contribution >= 4 is 42.4 Å². The molecule has 0 radical (unpaired) electrons. The Hall–Kier alpha value is -2.79. The van der Waals surface area contributed by atoms with Gasteiger partial charge < -0.3 is 10.3 Å². The van der Waals surface area contributed by atoms with Crippen LogP contribution in [0.5, 0.6) is 0 Å². The molecule has 3 aromatic rings. The number of benzene rings is 1. The summed E-state index contributed by atoms with van der Waals surface area (Å²) in [5.74, 6) is -0.479. The van der Waals surface area contributed by atoms with Crippen LogP contribution < -0.4 is 16.6 Å². The van der Waals surface area contributed by atoms with E-state index < -0.39 is 27.0 Å². The zero-order valence-corrected chi connectivity index (χ0v) is 15.4. The van der Waals surface area contributed by atoms with Crippen LogP contribution in [0.25, 0.3) is 10.2 Å². The molecule has 0 unspecified atom stereocenters. The number of amides is 1. The number of hydrogen-bond donors (Lipinski definition) is 3. The molecule has 0 aliphatic rings. The van der Waals surface area contributed by atoms with Gasteiger partial charge in [0.2, 0.25) is 5.91 Å². The van der Waals surface area contributed by atoms with Gasteiger partial charge in [0, 0.05) is 17.5 Å². The second kappa shape index (κ2) is 6.50. The van der Waals surface area contributed by atoms with Gasteiger partial charge in [-0.05, 0) is 25.1 Å². The Morgan fingerprint density at radius 3 is 2.65 bits per heavy atom. The van der Waals surface area contributed by atoms with Gasteiger partial charge in [0.1, 0.15) is 0 Å². The number of sulfone groups is 1. The molecule has 0 atom stereocenters. The molecule has 0 saturated carbocycles. The van der Waals surface area contributed by atoms with Gasteiger partial charge >= 0.3 is 5.69 Å². The minimum absolute atomic E-state index is 0.155. The number of carbonyl (C=O) groups excluding carboxylic acids is 1. The normalized spacial score (nSPS) is 11.6. The maximum atomic E-state index is 12.2. The second-order valence-corrected chi connectivity index (χ2v) is 8.70. The number of aromatic nitrogens is 3. The van der Waals surface area contributed by atoms with Gasteiger partial charge in [-0.3, -0.25) is 14.6 Å². The van der Waals surface area contributed by atoms with Crippen LogP contribution >= 0.6 is 11.3 Å². The minimum atomic E-state index is -3.34. The van der Waals surface area contributed by atoms with Crippen LogP contribution in [-0.4, -0.2) is 35.5 Å². The molecule has 2 aromatic heterocycles. The molecule has 0 aliphatic carbocycles. The van der Waals surface area contributed by atoms with Crippen LogP contribution in [-0.2, 0) is 21.1 Å². The zero-order valence-electron chi connectivity index (χ0n) is 13.7. The van der Waals surface area contributed by atoms with Gasteiger partial charge in [-0.1, -0.05) is 11.3 Å². The lowest BCUT2D eigenvalue weighted by molar-refractivity contribution is -0.115. The number of rotatable bonds is 4. The van der Waals surface area contributed by atoms with E-state index in [1.54, 1.807) is 6.07 Å². The quantitative estimate of drug-likeness (QED) is 0.590. The summed E-state index contributed by atoms with van der Waals surface area (Å²) in [6.45, 7) is 1.53. The van der Waals surface area contributed by atoms with Crippen molar-refractivity contribution in [3.05, 3.63) is 50.3 Å². The number of nitrogens with zero attached hydrogens (tertiary/aromatic N) is 1. The van der Waals surface area contributed by atoms with E-state index in [-0.39, 0.29) is 22.0 Å². The summed E-state index contributed by atoms with van der Waals surface area (Å²) in [4.78, 5) is 44.1. The fraction of sp³-hybridized carbons (Fsp3) is 0.200. The number of aryl methyl sites for hydroxylation is 1. The third-order valence-electron chi connectivity index (χ3n) is 3.63. The lowest BCUT2D eigenvalue weighted by atomic mass is 10.1. The van der Waals surface area contributed by atoms with E-state index in [4.69, 9.17) is 0 Å². The first-order chi connectivity index (χ1) is 12.1. The molecule has 1 aromatic carbocycles. The molecule has 0 spiro atoms. The molecule has 26 heavy (non-hydrogen) atoms. The van der Waals surface area contributed by atoms with Crippen molar-refractivity contribution in [2.75, 3.05) is 11.6 Å². The second-order valence-electron chi connectivity index (χ2n) is 5.66. The fourth-order valence-electron chi connectivity index (χ4n) is 2.35. The number of hydrogen-bond acceptors (Lipinski definition) is 7. The van der Waals surface area contributed by atoms with Crippen molar-refractivity contribution in [2.24, 2.45) is 0 Å². The van der Waals surface area contributed by atoms with Crippen molar-refractivity contribution in [2.45, 2.75) is 18.2 Å². The van der Waals surface area contributed by atoms with Crippen molar-refractivity contribution in [1.29, 1.82) is 0 Å². The van der Waals surface area contributed by atoms with E-state index in [0.717, 1.165) is 17.6 Å². The Kier molecular flexibility index (Phi) is 4.50. The molecule has 2 heterocycles. The van der Waals surface area contributed by atoms with Crippen LogP contribution in [0.2, 0.25) is 0 Å². The predicted molar refractivity (Wildman–Crippen MR) is 97.5 cm³/mol. The molecule has 9 nitrogen and oxygen atoms in total. The number of nitrogens with one attached hydrogen (secondary N) is 3. The van der Waals surface area contributed by atoms with Crippen LogP contribution in [0.1, 0.15) is 11.3 Å². The number of thiazole rings is 1. The smallest absolute Gasteiger partial charge is 0.311 e. The van der Waals surface area contributed by atoms with Crippen molar-refractivity contribution in [3.63, 3.8) is 0 Å². The Balaban J connectivity index is 1.84. The molecule has 11 heteroatoms. The lowest BCUT2D eigenvalue weighted by Gasteiger charge is -2.03. The number of anilines is 1. The van der Waals surface area contributed by atoms with E-state index in [0.29, 0.717) is 15.9 Å². The van der Waals surface area contributed by atoms with E-state index in [9.17, 15) is 22.8 Å². The van der Waals surface area contributed by atoms with Gasteiger partial charge in [0.15, 0.2) is 15.0 Å². The average molecular weight is 394 g/mol. The monoisotopic (exact) mass is 394 g/mol. The highest BCUT2D eigenvalue weighted by molar-refractivity contribution is 7.90. The van der Waals surface area contributed by atoms with Gasteiger partial charge in [-0.15, -0.1) is 0 Å². The van der Waals surface area contributed by atoms with Gasteiger partial charge in [-0.25, -0.2) is 18.2 Å². The van der Waals surface area contributed by atoms with E-state index in [2.05, 4.69) is 20.3 Å². The third-order valence-corrected chi connectivity index (χ3v) is 5.67. The fourth-order valence-corrected chi connectivity index (χ4v) is 3.99. The maximum absolute atomic E-state index is 12.2. The first kappa shape index (κ1) is 18.0. The lowest BCUT2D eigenvalue weighted by Crippen LogP contribution is -2.29. The van der Waals surface area contributed by atoms with Crippen LogP contribution in [0.15, 0.2) is 32.7 Å². The average Bonchev–Trinajstić information content (AvgIpc) is 2.91. The predicted octanol–water partition coefficient (Wildman–Crippen LogP) is 0.566. The van der Waals surface area contributed by atoms with Gasteiger partial charge in [0.25, 0.3) is 5.56 Å². The number of H-pyrrole nitrogens is 2. The van der Waals surface area contributed by atoms with Crippen molar-refractivity contribution in [1.82, 2.24) is 15.0 Å². The summed E-state index contributed by atoms with van der Waals surface area (Å²) in [6.07, 6.45) is 0.879. The Morgan fingerprint density at radius 2 is 2.00 bits per heavy atom. The minimum Gasteiger partial charge on any atom is -0.311 e. The van der Waals surface area contributed by atoms with E-state index in [1.165, 1.54) is 19.1 Å². The van der Waals surface area contributed by atoms with Crippen molar-refractivity contribution < 1.29 is 13.2 Å². The first-order valence-corrected chi connectivity index (χ1v) is 10.1. The Labute approximate surface area is 151 Å². The maximum Gasteiger partial charge on any atom is 0.325 e. The molecular weight excluding hydrogens is 380 g/mol. The van der Waals surface area contributed by atoms with Gasteiger partial charge in [0.05, 0.1) is 21.5 Å². The molecule has 0 fully saturated rings. The van der Waals surface area contributed by atoms with Crippen LogP contribution in [0, 0.1) is 6.92 Å². The third kappa shape index (κ3) is 3.73. The molecule has 1 amide bonds. The molecule has 0 saturated heterocycles. The summed E-state index contributed by atoms with van der Waals surface area (Å²) in [7, 11) is -3.34. The highest BCUT2D eigenvalue weighted by atomic mass is 32.2. The summed E-state index contributed by atoms with van der Waals surface area (Å²) < 4.78 is 23.8. The number of carbonyl (C=O) groups is 1. The molecule has 3 rings (SSSR count). The zero-order chi connectivity index (χ0) is 19.1. The van der Waals surface area contributed by atoms with Crippen molar-refractivity contribution in [3.8, 4) is 0 Å². The number of fused-ring (bicyclic) bond motifs is 1. The summed E-state index contributed by atoms with van der Waals surface area (Å²) in [5, 5.41) is 2.87. The molecule has 3 N–H and O–H groups in total. The highest BCUT2D eigenvalue weighted by Gasteiger charge is 2.15. The Morgan fingerprint density at radius 1 is 1.27 bits per heavy atom. The summed E-state index contributed by atoms with van der Waals surface area (Å²) in [5.41, 5.74) is -0.234. The summed E-state index contributed by atoms with van der Waals surface area (Å²) >= 11 is 1.13. The topological polar surface area (TPSA) is 142 Å². The van der Waals surface area contributed by atoms with E-state index >= 15 is 0 Å². The molecular formula is C15H14N4O5S2.